The van der Waals surface area contributed by atoms with Gasteiger partial charge >= 0.3 is 5.97 Å². The molecule has 0 saturated carbocycles. The lowest BCUT2D eigenvalue weighted by atomic mass is 10.1. The number of carboxylic acids is 1. The second-order valence-electron chi connectivity index (χ2n) is 7.05. The van der Waals surface area contributed by atoms with E-state index in [1.165, 1.54) is 0 Å². The van der Waals surface area contributed by atoms with Gasteiger partial charge in [-0.15, -0.1) is 0 Å². The molecule has 9 nitrogen and oxygen atoms in total. The zero-order valence-electron chi connectivity index (χ0n) is 16.8. The van der Waals surface area contributed by atoms with E-state index in [1.54, 1.807) is 47.8 Å². The number of carbonyl (C=O) groups is 2. The Labute approximate surface area is 177 Å². The van der Waals surface area contributed by atoms with Crippen LogP contribution in [0, 0.1) is 6.92 Å². The van der Waals surface area contributed by atoms with E-state index in [1.807, 2.05) is 29.7 Å². The van der Waals surface area contributed by atoms with Gasteiger partial charge in [0.15, 0.2) is 0 Å². The Kier molecular flexibility index (Phi) is 5.31. The number of aliphatic carboxylic acids is 1. The first-order valence-corrected chi connectivity index (χ1v) is 9.58. The average molecular weight is 416 g/mol. The van der Waals surface area contributed by atoms with E-state index >= 15 is 0 Å². The van der Waals surface area contributed by atoms with E-state index in [-0.39, 0.29) is 6.42 Å². The van der Waals surface area contributed by atoms with Crippen LogP contribution in [0.4, 0.5) is 0 Å². The number of primary amides is 1. The molecule has 3 aromatic heterocycles. The number of hydrogen-bond donors (Lipinski definition) is 2. The maximum Gasteiger partial charge on any atom is 0.303 e. The van der Waals surface area contributed by atoms with Gasteiger partial charge < -0.3 is 15.4 Å². The minimum absolute atomic E-state index is 0.00205. The molecule has 0 aliphatic heterocycles. The van der Waals surface area contributed by atoms with E-state index in [0.29, 0.717) is 17.9 Å². The summed E-state index contributed by atoms with van der Waals surface area (Å²) in [6, 6.07) is 9.00. The molecule has 0 atom stereocenters. The number of benzene rings is 1. The van der Waals surface area contributed by atoms with Gasteiger partial charge in [0, 0.05) is 47.3 Å². The van der Waals surface area contributed by atoms with Crippen LogP contribution in [-0.4, -0.2) is 41.1 Å². The Balaban J connectivity index is 1.80. The molecule has 3 N–H and O–H groups in total. The number of hydrogen-bond acceptors (Lipinski definition) is 5. The topological polar surface area (TPSA) is 129 Å². The summed E-state index contributed by atoms with van der Waals surface area (Å²) >= 11 is 0. The molecule has 0 saturated heterocycles. The highest BCUT2D eigenvalue weighted by Gasteiger charge is 2.16. The standard InChI is InChI=1S/C22H20N6O3/c1-14-10-15(21(23)31)2-5-18(14)28-17(4-7-20(29)30)3-6-19(28)16-11-25-22(26-12-16)27-9-8-24-13-27/h2-3,5-6,8-13H,4,7H2,1H3,(H2,23,31)(H,29,30). The van der Waals surface area contributed by atoms with Gasteiger partial charge in [-0.2, -0.15) is 0 Å². The molecule has 0 aliphatic carbocycles. The second-order valence-corrected chi connectivity index (χ2v) is 7.05. The molecule has 156 valence electrons. The fourth-order valence-electron chi connectivity index (χ4n) is 3.44. The first-order chi connectivity index (χ1) is 14.9. The van der Waals surface area contributed by atoms with Crippen LogP contribution >= 0.6 is 0 Å². The minimum atomic E-state index is -0.872. The molecule has 0 bridgehead atoms. The number of amides is 1. The Morgan fingerprint density at radius 2 is 1.90 bits per heavy atom. The van der Waals surface area contributed by atoms with Crippen molar-refractivity contribution in [3.63, 3.8) is 0 Å². The molecule has 3 heterocycles. The molecule has 31 heavy (non-hydrogen) atoms. The van der Waals surface area contributed by atoms with Crippen molar-refractivity contribution in [3.05, 3.63) is 78.3 Å². The van der Waals surface area contributed by atoms with Crippen LogP contribution in [0.5, 0.6) is 0 Å². The fraction of sp³-hybridized carbons (Fsp3) is 0.136. The van der Waals surface area contributed by atoms with Gasteiger partial charge in [-0.1, -0.05) is 0 Å². The summed E-state index contributed by atoms with van der Waals surface area (Å²) in [6.07, 6.45) is 8.79. The summed E-state index contributed by atoms with van der Waals surface area (Å²) in [5.74, 6) is -0.882. The van der Waals surface area contributed by atoms with Gasteiger partial charge in [-0.25, -0.2) is 15.0 Å². The highest BCUT2D eigenvalue weighted by atomic mass is 16.4. The molecular formula is C22H20N6O3. The molecule has 4 aromatic rings. The lowest BCUT2D eigenvalue weighted by Gasteiger charge is -2.16. The van der Waals surface area contributed by atoms with Crippen LogP contribution in [-0.2, 0) is 11.2 Å². The molecule has 9 heteroatoms. The number of imidazole rings is 1. The zero-order chi connectivity index (χ0) is 22.0. The fourth-order valence-corrected chi connectivity index (χ4v) is 3.44. The third kappa shape index (κ3) is 4.06. The van der Waals surface area contributed by atoms with E-state index in [4.69, 9.17) is 10.8 Å². The number of aryl methyl sites for hydroxylation is 2. The quantitative estimate of drug-likeness (QED) is 0.476. The van der Waals surface area contributed by atoms with E-state index in [9.17, 15) is 9.59 Å². The van der Waals surface area contributed by atoms with Crippen molar-refractivity contribution >= 4 is 11.9 Å². The monoisotopic (exact) mass is 416 g/mol. The molecule has 0 aliphatic rings. The van der Waals surface area contributed by atoms with Crippen molar-refractivity contribution in [2.75, 3.05) is 0 Å². The lowest BCUT2D eigenvalue weighted by molar-refractivity contribution is -0.136. The van der Waals surface area contributed by atoms with Crippen molar-refractivity contribution in [2.45, 2.75) is 19.8 Å². The molecule has 0 radical (unpaired) electrons. The number of aromatic nitrogens is 5. The van der Waals surface area contributed by atoms with Crippen LogP contribution in [0.3, 0.4) is 0 Å². The Morgan fingerprint density at radius 3 is 2.52 bits per heavy atom. The third-order valence-electron chi connectivity index (χ3n) is 4.95. The van der Waals surface area contributed by atoms with E-state index in [2.05, 4.69) is 15.0 Å². The molecule has 1 aromatic carbocycles. The predicted octanol–water partition coefficient (Wildman–Crippen LogP) is 2.54. The van der Waals surface area contributed by atoms with Crippen LogP contribution in [0.25, 0.3) is 22.9 Å². The first-order valence-electron chi connectivity index (χ1n) is 9.58. The van der Waals surface area contributed by atoms with E-state index in [0.717, 1.165) is 28.2 Å². The largest absolute Gasteiger partial charge is 0.481 e. The van der Waals surface area contributed by atoms with Gasteiger partial charge in [0.05, 0.1) is 12.1 Å². The van der Waals surface area contributed by atoms with Crippen LogP contribution in [0.15, 0.2) is 61.4 Å². The molecule has 4 rings (SSSR count). The Bertz CT molecular complexity index is 1240. The van der Waals surface area contributed by atoms with Crippen LogP contribution in [0.1, 0.15) is 28.0 Å². The predicted molar refractivity (Wildman–Crippen MR) is 113 cm³/mol. The molecule has 0 unspecified atom stereocenters. The van der Waals surface area contributed by atoms with Crippen molar-refractivity contribution in [1.29, 1.82) is 0 Å². The maximum atomic E-state index is 11.5. The SMILES string of the molecule is Cc1cc(C(N)=O)ccc1-n1c(CCC(=O)O)ccc1-c1cnc(-n2ccnc2)nc1. The summed E-state index contributed by atoms with van der Waals surface area (Å²) < 4.78 is 3.67. The highest BCUT2D eigenvalue weighted by Crippen LogP contribution is 2.29. The number of nitrogens with two attached hydrogens (primary N) is 1. The van der Waals surface area contributed by atoms with Crippen molar-refractivity contribution < 1.29 is 14.7 Å². The van der Waals surface area contributed by atoms with Gasteiger partial charge in [-0.05, 0) is 49.2 Å². The van der Waals surface area contributed by atoms with Crippen molar-refractivity contribution in [3.8, 4) is 22.9 Å². The zero-order valence-corrected chi connectivity index (χ0v) is 16.8. The molecule has 0 spiro atoms. The molecule has 1 amide bonds. The molecular weight excluding hydrogens is 396 g/mol. The number of carboxylic acid groups (broad SMARTS) is 1. The van der Waals surface area contributed by atoms with Crippen LogP contribution < -0.4 is 5.73 Å². The number of carbonyl (C=O) groups excluding carboxylic acids is 1. The van der Waals surface area contributed by atoms with Crippen molar-refractivity contribution in [2.24, 2.45) is 5.73 Å². The summed E-state index contributed by atoms with van der Waals surface area (Å²) in [4.78, 5) is 35.5. The van der Waals surface area contributed by atoms with Gasteiger partial charge in [0.1, 0.15) is 6.33 Å². The smallest absolute Gasteiger partial charge is 0.303 e. The van der Waals surface area contributed by atoms with Crippen molar-refractivity contribution in [1.82, 2.24) is 24.1 Å². The van der Waals surface area contributed by atoms with Gasteiger partial charge in [-0.3, -0.25) is 14.2 Å². The van der Waals surface area contributed by atoms with Gasteiger partial charge in [0.25, 0.3) is 0 Å². The number of rotatable bonds is 7. The second kappa shape index (κ2) is 8.23. The summed E-state index contributed by atoms with van der Waals surface area (Å²) in [5, 5.41) is 9.15. The van der Waals surface area contributed by atoms with E-state index < -0.39 is 11.9 Å². The Hall–Kier alpha value is -4.27. The summed E-state index contributed by atoms with van der Waals surface area (Å²) in [6.45, 7) is 1.88. The first kappa shape index (κ1) is 20.0. The van der Waals surface area contributed by atoms with Crippen LogP contribution in [0.2, 0.25) is 0 Å². The minimum Gasteiger partial charge on any atom is -0.481 e. The maximum absolute atomic E-state index is 11.5. The van der Waals surface area contributed by atoms with Gasteiger partial charge in [0.2, 0.25) is 11.9 Å². The average Bonchev–Trinajstić information content (AvgIpc) is 3.42. The third-order valence-corrected chi connectivity index (χ3v) is 4.95. The lowest BCUT2D eigenvalue weighted by Crippen LogP contribution is -2.12. The summed E-state index contributed by atoms with van der Waals surface area (Å²) in [7, 11) is 0. The number of nitrogens with zero attached hydrogens (tertiary/aromatic N) is 5. The molecule has 0 fully saturated rings. The Morgan fingerprint density at radius 1 is 1.13 bits per heavy atom. The summed E-state index contributed by atoms with van der Waals surface area (Å²) in [5.41, 5.74) is 9.88. The highest BCUT2D eigenvalue weighted by molar-refractivity contribution is 5.93. The normalized spacial score (nSPS) is 10.9.